The second-order valence-corrected chi connectivity index (χ2v) is 6.11. The van der Waals surface area contributed by atoms with E-state index in [2.05, 4.69) is 15.6 Å². The molecule has 27 heavy (non-hydrogen) atoms. The van der Waals surface area contributed by atoms with Gasteiger partial charge in [0, 0.05) is 36.6 Å². The van der Waals surface area contributed by atoms with Crippen LogP contribution < -0.4 is 10.6 Å². The second-order valence-electron chi connectivity index (χ2n) is 6.11. The summed E-state index contributed by atoms with van der Waals surface area (Å²) < 4.78 is 0. The highest BCUT2D eigenvalue weighted by molar-refractivity contribution is 5.97. The maximum absolute atomic E-state index is 12.2. The molecule has 0 bridgehead atoms. The number of nitrogens with one attached hydrogen (secondary N) is 2. The summed E-state index contributed by atoms with van der Waals surface area (Å²) in [6.45, 7) is 1.00. The zero-order chi connectivity index (χ0) is 18.9. The Morgan fingerprint density at radius 1 is 0.704 bits per heavy atom. The lowest BCUT2D eigenvalue weighted by Crippen LogP contribution is -2.26. The Kier molecular flexibility index (Phi) is 6.30. The van der Waals surface area contributed by atoms with E-state index in [0.29, 0.717) is 24.2 Å². The normalized spacial score (nSPS) is 10.2. The van der Waals surface area contributed by atoms with Crippen molar-refractivity contribution in [1.82, 2.24) is 15.6 Å². The lowest BCUT2D eigenvalue weighted by atomic mass is 10.1. The van der Waals surface area contributed by atoms with Gasteiger partial charge in [0.05, 0.1) is 0 Å². The van der Waals surface area contributed by atoms with Gasteiger partial charge in [-0.3, -0.25) is 14.6 Å². The minimum atomic E-state index is -0.178. The van der Waals surface area contributed by atoms with E-state index in [9.17, 15) is 9.59 Å². The smallest absolute Gasteiger partial charge is 0.251 e. The van der Waals surface area contributed by atoms with Gasteiger partial charge >= 0.3 is 0 Å². The molecule has 0 aliphatic heterocycles. The summed E-state index contributed by atoms with van der Waals surface area (Å²) in [5.41, 5.74) is 3.21. The topological polar surface area (TPSA) is 71.1 Å². The summed E-state index contributed by atoms with van der Waals surface area (Å²) in [5.74, 6) is -0.322. The Morgan fingerprint density at radius 3 is 1.93 bits per heavy atom. The summed E-state index contributed by atoms with van der Waals surface area (Å²) in [5, 5.41) is 5.75. The van der Waals surface area contributed by atoms with Crippen molar-refractivity contribution in [3.05, 3.63) is 101 Å². The van der Waals surface area contributed by atoms with Crippen molar-refractivity contribution in [3.63, 3.8) is 0 Å². The molecular weight excluding hydrogens is 338 g/mol. The summed E-state index contributed by atoms with van der Waals surface area (Å²) >= 11 is 0. The lowest BCUT2D eigenvalue weighted by molar-refractivity contribution is 0.0940. The molecule has 0 unspecified atom stereocenters. The minimum absolute atomic E-state index is 0.144. The van der Waals surface area contributed by atoms with Crippen molar-refractivity contribution < 1.29 is 9.59 Å². The van der Waals surface area contributed by atoms with E-state index >= 15 is 0 Å². The van der Waals surface area contributed by atoms with Crippen molar-refractivity contribution in [2.45, 2.75) is 13.0 Å². The van der Waals surface area contributed by atoms with Gasteiger partial charge in [-0.1, -0.05) is 30.3 Å². The van der Waals surface area contributed by atoms with Crippen LogP contribution in [0.15, 0.2) is 79.1 Å². The average molecular weight is 359 g/mol. The van der Waals surface area contributed by atoms with E-state index < -0.39 is 0 Å². The molecule has 5 nitrogen and oxygen atoms in total. The standard InChI is InChI=1S/C22H21N3O2/c26-21(24-15-12-17-4-2-1-3-5-17)19-6-8-20(9-7-19)22(27)25-16-18-10-13-23-14-11-18/h1-11,13-14H,12,15-16H2,(H,24,26)(H,25,27). The van der Waals surface area contributed by atoms with Crippen molar-refractivity contribution in [3.8, 4) is 0 Å². The molecule has 0 spiro atoms. The van der Waals surface area contributed by atoms with E-state index in [1.807, 2.05) is 42.5 Å². The predicted octanol–water partition coefficient (Wildman–Crippen LogP) is 2.98. The van der Waals surface area contributed by atoms with E-state index in [0.717, 1.165) is 12.0 Å². The molecule has 1 heterocycles. The summed E-state index contributed by atoms with van der Waals surface area (Å²) in [4.78, 5) is 28.4. The number of benzene rings is 2. The Hall–Kier alpha value is -3.47. The van der Waals surface area contributed by atoms with Gasteiger partial charge in [0.1, 0.15) is 0 Å². The summed E-state index contributed by atoms with van der Waals surface area (Å²) in [7, 11) is 0. The van der Waals surface area contributed by atoms with Crippen molar-refractivity contribution in [2.75, 3.05) is 6.54 Å². The summed E-state index contributed by atoms with van der Waals surface area (Å²) in [6.07, 6.45) is 4.15. The first-order valence-corrected chi connectivity index (χ1v) is 8.81. The van der Waals surface area contributed by atoms with Crippen LogP contribution in [0.4, 0.5) is 0 Å². The fraction of sp³-hybridized carbons (Fsp3) is 0.136. The average Bonchev–Trinajstić information content (AvgIpc) is 2.73. The molecule has 2 aromatic carbocycles. The largest absolute Gasteiger partial charge is 0.352 e. The molecule has 2 amide bonds. The Bertz CT molecular complexity index is 878. The number of nitrogens with zero attached hydrogens (tertiary/aromatic N) is 1. The van der Waals surface area contributed by atoms with Crippen LogP contribution in [-0.2, 0) is 13.0 Å². The van der Waals surface area contributed by atoms with Gasteiger partial charge in [0.15, 0.2) is 0 Å². The summed E-state index contributed by atoms with van der Waals surface area (Å²) in [6, 6.07) is 20.4. The zero-order valence-electron chi connectivity index (χ0n) is 14.9. The maximum atomic E-state index is 12.2. The molecule has 0 radical (unpaired) electrons. The number of pyridine rings is 1. The highest BCUT2D eigenvalue weighted by Crippen LogP contribution is 2.06. The van der Waals surface area contributed by atoms with Gasteiger partial charge in [-0.2, -0.15) is 0 Å². The van der Waals surface area contributed by atoms with E-state index in [-0.39, 0.29) is 11.8 Å². The van der Waals surface area contributed by atoms with Crippen LogP contribution in [-0.4, -0.2) is 23.3 Å². The van der Waals surface area contributed by atoms with Gasteiger partial charge in [-0.25, -0.2) is 0 Å². The van der Waals surface area contributed by atoms with Crippen LogP contribution in [0.3, 0.4) is 0 Å². The first kappa shape index (κ1) is 18.3. The first-order valence-electron chi connectivity index (χ1n) is 8.81. The Morgan fingerprint density at radius 2 is 1.30 bits per heavy atom. The highest BCUT2D eigenvalue weighted by Gasteiger charge is 2.08. The Labute approximate surface area is 158 Å². The van der Waals surface area contributed by atoms with Crippen LogP contribution in [0.25, 0.3) is 0 Å². The van der Waals surface area contributed by atoms with Crippen LogP contribution in [0.1, 0.15) is 31.8 Å². The molecular formula is C22H21N3O2. The van der Waals surface area contributed by atoms with Crippen LogP contribution in [0, 0.1) is 0 Å². The Balaban J connectivity index is 1.48. The predicted molar refractivity (Wildman–Crippen MR) is 104 cm³/mol. The third-order valence-corrected chi connectivity index (χ3v) is 4.15. The van der Waals surface area contributed by atoms with Gasteiger partial charge < -0.3 is 10.6 Å². The fourth-order valence-corrected chi connectivity index (χ4v) is 2.63. The molecule has 3 aromatic rings. The number of hydrogen-bond acceptors (Lipinski definition) is 3. The van der Waals surface area contributed by atoms with E-state index in [1.165, 1.54) is 5.56 Å². The molecule has 2 N–H and O–H groups in total. The molecule has 5 heteroatoms. The monoisotopic (exact) mass is 359 g/mol. The quantitative estimate of drug-likeness (QED) is 0.681. The van der Waals surface area contributed by atoms with Crippen LogP contribution in [0.5, 0.6) is 0 Å². The van der Waals surface area contributed by atoms with Gasteiger partial charge in [-0.05, 0) is 53.9 Å². The number of aromatic nitrogens is 1. The lowest BCUT2D eigenvalue weighted by Gasteiger charge is -2.07. The third-order valence-electron chi connectivity index (χ3n) is 4.15. The molecule has 0 saturated carbocycles. The molecule has 1 aromatic heterocycles. The number of carbonyl (C=O) groups is 2. The molecule has 0 aliphatic rings. The third kappa shape index (κ3) is 5.51. The van der Waals surface area contributed by atoms with Crippen molar-refractivity contribution in [2.24, 2.45) is 0 Å². The second kappa shape index (κ2) is 9.29. The van der Waals surface area contributed by atoms with Crippen LogP contribution >= 0.6 is 0 Å². The molecule has 0 atom stereocenters. The van der Waals surface area contributed by atoms with Gasteiger partial charge in [0.2, 0.25) is 0 Å². The molecule has 0 fully saturated rings. The molecule has 3 rings (SSSR count). The first-order chi connectivity index (χ1) is 13.2. The molecule has 136 valence electrons. The number of rotatable bonds is 7. The molecule has 0 saturated heterocycles. The highest BCUT2D eigenvalue weighted by atomic mass is 16.2. The number of hydrogen-bond donors (Lipinski definition) is 2. The fourth-order valence-electron chi connectivity index (χ4n) is 2.63. The minimum Gasteiger partial charge on any atom is -0.352 e. The van der Waals surface area contributed by atoms with Crippen molar-refractivity contribution >= 4 is 11.8 Å². The van der Waals surface area contributed by atoms with E-state index in [1.54, 1.807) is 36.7 Å². The van der Waals surface area contributed by atoms with Crippen LogP contribution in [0.2, 0.25) is 0 Å². The van der Waals surface area contributed by atoms with Crippen molar-refractivity contribution in [1.29, 1.82) is 0 Å². The van der Waals surface area contributed by atoms with E-state index in [4.69, 9.17) is 0 Å². The SMILES string of the molecule is O=C(NCCc1ccccc1)c1ccc(C(=O)NCc2ccncc2)cc1. The van der Waals surface area contributed by atoms with Gasteiger partial charge in [-0.15, -0.1) is 0 Å². The zero-order valence-corrected chi connectivity index (χ0v) is 14.9. The maximum Gasteiger partial charge on any atom is 0.251 e. The molecule has 0 aliphatic carbocycles. The number of carbonyl (C=O) groups excluding carboxylic acids is 2. The number of amides is 2. The van der Waals surface area contributed by atoms with Gasteiger partial charge in [0.25, 0.3) is 11.8 Å².